The molecule has 0 saturated carbocycles. The zero-order valence-electron chi connectivity index (χ0n) is 15.9. The fourth-order valence-electron chi connectivity index (χ4n) is 3.61. The molecular formula is C20H14ClF3N6O. The molecule has 0 unspecified atom stereocenters. The molecule has 158 valence electrons. The maximum atomic E-state index is 13.5. The van der Waals surface area contributed by atoms with Gasteiger partial charge >= 0.3 is 6.18 Å². The van der Waals surface area contributed by atoms with Crippen LogP contribution in [0, 0.1) is 11.3 Å². The van der Waals surface area contributed by atoms with Gasteiger partial charge in [-0.3, -0.25) is 5.43 Å². The lowest BCUT2D eigenvalue weighted by Crippen LogP contribution is -2.36. The van der Waals surface area contributed by atoms with Crippen LogP contribution in [-0.4, -0.2) is 33.2 Å². The van der Waals surface area contributed by atoms with Gasteiger partial charge in [-0.05, 0) is 17.7 Å². The molecule has 3 heterocycles. The van der Waals surface area contributed by atoms with Crippen LogP contribution in [0.25, 0.3) is 0 Å². The van der Waals surface area contributed by atoms with Crippen LogP contribution in [-0.2, 0) is 30.5 Å². The van der Waals surface area contributed by atoms with Crippen LogP contribution in [0.5, 0.6) is 0 Å². The van der Waals surface area contributed by atoms with E-state index in [0.717, 1.165) is 6.07 Å². The summed E-state index contributed by atoms with van der Waals surface area (Å²) >= 11 is 6.23. The van der Waals surface area contributed by atoms with Crippen molar-refractivity contribution in [2.45, 2.75) is 25.7 Å². The standard InChI is InChI=1S/C20H14ClF3N6O/c21-19-16(11-31)28-27-9-17(19)29-3-4-30-14(8-26-18(30)10-29)6-13-2-1-12(7-25)5-15(13)20(22,23)24/h1-2,5,8-9,28H,3-4,6,10H2. The third kappa shape index (κ3) is 3.93. The Bertz CT molecular complexity index is 1200. The van der Waals surface area contributed by atoms with Gasteiger partial charge in [-0.25, -0.2) is 9.78 Å². The van der Waals surface area contributed by atoms with E-state index in [-0.39, 0.29) is 28.3 Å². The van der Waals surface area contributed by atoms with Crippen molar-refractivity contribution in [2.75, 3.05) is 6.54 Å². The minimum absolute atomic E-state index is 0.0282. The summed E-state index contributed by atoms with van der Waals surface area (Å²) in [5.41, 5.74) is 2.90. The second-order valence-electron chi connectivity index (χ2n) is 6.94. The Morgan fingerprint density at radius 2 is 2.10 bits per heavy atom. The number of allylic oxidation sites excluding steroid dienone is 2. The Morgan fingerprint density at radius 1 is 1.29 bits per heavy atom. The summed E-state index contributed by atoms with van der Waals surface area (Å²) < 4.78 is 42.3. The van der Waals surface area contributed by atoms with Crippen LogP contribution < -0.4 is 5.43 Å². The number of hydrogen-bond acceptors (Lipinski definition) is 6. The maximum Gasteiger partial charge on any atom is 0.416 e. The molecule has 1 aromatic heterocycles. The van der Waals surface area contributed by atoms with E-state index in [9.17, 15) is 18.0 Å². The van der Waals surface area contributed by atoms with Crippen LogP contribution in [0.4, 0.5) is 13.2 Å². The first kappa shape index (κ1) is 20.7. The number of carbonyl (C=O) groups excluding carboxylic acids is 1. The van der Waals surface area contributed by atoms with Crippen LogP contribution >= 0.6 is 11.6 Å². The van der Waals surface area contributed by atoms with Gasteiger partial charge in [-0.2, -0.15) is 23.5 Å². The van der Waals surface area contributed by atoms with Crippen molar-refractivity contribution >= 4 is 23.8 Å². The van der Waals surface area contributed by atoms with E-state index < -0.39 is 11.7 Å². The smallest absolute Gasteiger partial charge is 0.360 e. The second kappa shape index (κ2) is 7.95. The number of nitrogens with one attached hydrogen (secondary N) is 1. The van der Waals surface area contributed by atoms with Gasteiger partial charge in [0.1, 0.15) is 10.9 Å². The summed E-state index contributed by atoms with van der Waals surface area (Å²) in [6, 6.07) is 5.32. The third-order valence-corrected chi connectivity index (χ3v) is 5.50. The number of fused-ring (bicyclic) bond motifs is 1. The van der Waals surface area contributed by atoms with E-state index in [0.29, 0.717) is 36.8 Å². The molecule has 11 heteroatoms. The lowest BCUT2D eigenvalue weighted by molar-refractivity contribution is -0.138. The summed E-state index contributed by atoms with van der Waals surface area (Å²) in [6.45, 7) is 1.32. The zero-order chi connectivity index (χ0) is 22.2. The molecule has 2 aliphatic rings. The van der Waals surface area contributed by atoms with E-state index in [1.807, 2.05) is 9.47 Å². The number of nitriles is 1. The summed E-state index contributed by atoms with van der Waals surface area (Å²) in [5.74, 6) is 2.35. The maximum absolute atomic E-state index is 13.5. The Kier molecular flexibility index (Phi) is 5.31. The van der Waals surface area contributed by atoms with E-state index >= 15 is 0 Å². The highest BCUT2D eigenvalue weighted by Crippen LogP contribution is 2.34. The average molecular weight is 447 g/mol. The van der Waals surface area contributed by atoms with Gasteiger partial charge in [0.2, 0.25) is 0 Å². The van der Waals surface area contributed by atoms with E-state index in [4.69, 9.17) is 16.9 Å². The van der Waals surface area contributed by atoms with E-state index in [1.165, 1.54) is 18.3 Å². The Balaban J connectivity index is 1.61. The molecule has 1 N–H and O–H groups in total. The molecule has 0 atom stereocenters. The molecule has 0 radical (unpaired) electrons. The van der Waals surface area contributed by atoms with E-state index in [2.05, 4.69) is 15.5 Å². The van der Waals surface area contributed by atoms with Gasteiger partial charge in [-0.1, -0.05) is 17.7 Å². The zero-order valence-corrected chi connectivity index (χ0v) is 16.6. The fourth-order valence-corrected chi connectivity index (χ4v) is 3.86. The lowest BCUT2D eigenvalue weighted by Gasteiger charge is -2.32. The number of benzene rings is 1. The average Bonchev–Trinajstić information content (AvgIpc) is 3.15. The first-order valence-corrected chi connectivity index (χ1v) is 9.52. The van der Waals surface area contributed by atoms with Crippen molar-refractivity contribution in [1.29, 1.82) is 5.26 Å². The molecule has 0 saturated heterocycles. The van der Waals surface area contributed by atoms with Crippen molar-refractivity contribution in [3.8, 4) is 6.07 Å². The number of imidazole rings is 1. The quantitative estimate of drug-likeness (QED) is 0.733. The fraction of sp³-hybridized carbons (Fsp3) is 0.250. The highest BCUT2D eigenvalue weighted by atomic mass is 35.5. The number of halogens is 4. The molecule has 0 bridgehead atoms. The van der Waals surface area contributed by atoms with Gasteiger partial charge in [-0.15, -0.1) is 0 Å². The molecule has 0 fully saturated rings. The van der Waals surface area contributed by atoms with Gasteiger partial charge in [0.15, 0.2) is 11.6 Å². The molecule has 7 nitrogen and oxygen atoms in total. The Labute approximate surface area is 179 Å². The molecule has 4 rings (SSSR count). The second-order valence-corrected chi connectivity index (χ2v) is 7.32. The molecule has 1 aromatic carbocycles. The molecule has 0 spiro atoms. The van der Waals surface area contributed by atoms with Gasteiger partial charge in [0.25, 0.3) is 0 Å². The largest absolute Gasteiger partial charge is 0.416 e. The predicted molar refractivity (Wildman–Crippen MR) is 105 cm³/mol. The summed E-state index contributed by atoms with van der Waals surface area (Å²) in [5, 5.41) is 13.0. The molecule has 31 heavy (non-hydrogen) atoms. The van der Waals surface area contributed by atoms with Crippen molar-refractivity contribution in [2.24, 2.45) is 5.10 Å². The van der Waals surface area contributed by atoms with Crippen molar-refractivity contribution in [3.63, 3.8) is 0 Å². The minimum atomic E-state index is -4.56. The van der Waals surface area contributed by atoms with Crippen LogP contribution in [0.1, 0.15) is 28.2 Å². The SMILES string of the molecule is N#Cc1ccc(Cc2cnc3n2CCN(C2=C(Cl)C(=C=O)NN=C2)C3)c(C(F)(F)F)c1. The number of rotatable bonds is 3. The molecule has 0 amide bonds. The first-order chi connectivity index (χ1) is 14.8. The van der Waals surface area contributed by atoms with Gasteiger partial charge < -0.3 is 9.47 Å². The summed E-state index contributed by atoms with van der Waals surface area (Å²) in [4.78, 5) is 17.2. The Hall–Kier alpha value is -3.54. The van der Waals surface area contributed by atoms with E-state index in [1.54, 1.807) is 18.2 Å². The molecule has 2 aromatic rings. The van der Waals surface area contributed by atoms with Crippen LogP contribution in [0.15, 0.2) is 45.9 Å². The number of hydrogen-bond donors (Lipinski definition) is 1. The Morgan fingerprint density at radius 3 is 2.81 bits per heavy atom. The van der Waals surface area contributed by atoms with Gasteiger partial charge in [0.05, 0.1) is 35.7 Å². The third-order valence-electron chi connectivity index (χ3n) is 5.11. The molecular weight excluding hydrogens is 433 g/mol. The number of alkyl halides is 3. The number of nitrogens with zero attached hydrogens (tertiary/aromatic N) is 5. The minimum Gasteiger partial charge on any atom is -0.360 e. The first-order valence-electron chi connectivity index (χ1n) is 9.14. The van der Waals surface area contributed by atoms with Crippen LogP contribution in [0.2, 0.25) is 0 Å². The topological polar surface area (TPSA) is 86.3 Å². The molecule has 2 aliphatic heterocycles. The highest BCUT2D eigenvalue weighted by molar-refractivity contribution is 6.34. The van der Waals surface area contributed by atoms with Crippen molar-refractivity contribution in [1.82, 2.24) is 19.9 Å². The number of hydrazone groups is 1. The van der Waals surface area contributed by atoms with Gasteiger partial charge in [0, 0.05) is 31.4 Å². The van der Waals surface area contributed by atoms with Crippen LogP contribution in [0.3, 0.4) is 0 Å². The normalized spacial score (nSPS) is 16.0. The predicted octanol–water partition coefficient (Wildman–Crippen LogP) is 2.93. The summed E-state index contributed by atoms with van der Waals surface area (Å²) in [6.07, 6.45) is -1.49. The summed E-state index contributed by atoms with van der Waals surface area (Å²) in [7, 11) is 0. The molecule has 0 aliphatic carbocycles. The van der Waals surface area contributed by atoms with Crippen molar-refractivity contribution < 1.29 is 18.0 Å². The number of aromatic nitrogens is 2. The lowest BCUT2D eigenvalue weighted by atomic mass is 10.00. The van der Waals surface area contributed by atoms with Crippen molar-refractivity contribution in [3.05, 3.63) is 69.0 Å². The highest BCUT2D eigenvalue weighted by Gasteiger charge is 2.34. The monoisotopic (exact) mass is 446 g/mol.